The summed E-state index contributed by atoms with van der Waals surface area (Å²) in [6.07, 6.45) is 4.82. The third-order valence-corrected chi connectivity index (χ3v) is 6.34. The third kappa shape index (κ3) is 3.70. The number of fused-ring (bicyclic) bond motifs is 4. The van der Waals surface area contributed by atoms with Crippen LogP contribution in [0.3, 0.4) is 0 Å². The number of aromatic nitrogens is 3. The summed E-state index contributed by atoms with van der Waals surface area (Å²) >= 11 is 1.52. The van der Waals surface area contributed by atoms with Crippen LogP contribution in [0.25, 0.3) is 10.9 Å². The highest BCUT2D eigenvalue weighted by Crippen LogP contribution is 2.44. The highest BCUT2D eigenvalue weighted by atomic mass is 32.2. The van der Waals surface area contributed by atoms with Crippen LogP contribution in [0.4, 0.5) is 11.6 Å². The number of rotatable bonds is 2. The van der Waals surface area contributed by atoms with Crippen molar-refractivity contribution in [3.05, 3.63) is 41.6 Å². The molecule has 2 aliphatic rings. The van der Waals surface area contributed by atoms with E-state index in [1.54, 1.807) is 0 Å². The van der Waals surface area contributed by atoms with E-state index in [0.717, 1.165) is 49.9 Å². The molecule has 158 valence electrons. The van der Waals surface area contributed by atoms with Crippen molar-refractivity contribution in [2.24, 2.45) is 0 Å². The third-order valence-electron chi connectivity index (χ3n) is 5.79. The first kappa shape index (κ1) is 20.5. The monoisotopic (exact) mass is 427 g/mol. The number of hydrogen-bond acceptors (Lipinski definition) is 7. The number of ether oxygens (including phenoxy) is 1. The van der Waals surface area contributed by atoms with Crippen molar-refractivity contribution in [3.8, 4) is 0 Å². The van der Waals surface area contributed by atoms with E-state index in [1.165, 1.54) is 33.9 Å². The van der Waals surface area contributed by atoms with Crippen molar-refractivity contribution >= 4 is 40.8 Å². The molecule has 2 aromatic heterocycles. The largest absolute Gasteiger partial charge is 0.483 e. The van der Waals surface area contributed by atoms with Gasteiger partial charge in [0, 0.05) is 30.1 Å². The Morgan fingerprint density at radius 3 is 2.77 bits per heavy atom. The van der Waals surface area contributed by atoms with Crippen molar-refractivity contribution in [1.82, 2.24) is 15.0 Å². The minimum atomic E-state index is -0.250. The Morgan fingerprint density at radius 2 is 2.03 bits per heavy atom. The quantitative estimate of drug-likeness (QED) is 0.325. The maximum absolute atomic E-state index is 8.36. The van der Waals surface area contributed by atoms with Crippen molar-refractivity contribution in [1.29, 1.82) is 0 Å². The highest BCUT2D eigenvalue weighted by Gasteiger charge is 2.43. The van der Waals surface area contributed by atoms with E-state index in [-0.39, 0.29) is 12.1 Å². The SMILES string of the molecule is CSc1nc(N)cc(N2CCC3(CC2)OCCc2c3[nH]c3ccccc23)n1.O=CO. The summed E-state index contributed by atoms with van der Waals surface area (Å²) in [5.74, 6) is 1.44. The number of carboxylic acid groups (broad SMARTS) is 1. The van der Waals surface area contributed by atoms with Crippen LogP contribution in [0.2, 0.25) is 0 Å². The van der Waals surface area contributed by atoms with Gasteiger partial charge in [-0.1, -0.05) is 30.0 Å². The van der Waals surface area contributed by atoms with Gasteiger partial charge in [-0.2, -0.15) is 0 Å². The summed E-state index contributed by atoms with van der Waals surface area (Å²) in [6, 6.07) is 10.4. The van der Waals surface area contributed by atoms with Crippen molar-refractivity contribution in [2.45, 2.75) is 30.0 Å². The van der Waals surface area contributed by atoms with Gasteiger partial charge in [0.1, 0.15) is 17.2 Å². The number of para-hydroxylation sites is 1. The number of anilines is 2. The molecule has 5 rings (SSSR count). The first-order chi connectivity index (χ1) is 14.6. The van der Waals surface area contributed by atoms with Crippen LogP contribution in [0.1, 0.15) is 24.1 Å². The first-order valence-electron chi connectivity index (χ1n) is 9.85. The van der Waals surface area contributed by atoms with Crippen LogP contribution < -0.4 is 10.6 Å². The van der Waals surface area contributed by atoms with Gasteiger partial charge in [0.15, 0.2) is 5.16 Å². The van der Waals surface area contributed by atoms with Gasteiger partial charge in [-0.25, -0.2) is 9.97 Å². The molecule has 1 fully saturated rings. The molecule has 0 atom stereocenters. The molecule has 9 heteroatoms. The summed E-state index contributed by atoms with van der Waals surface area (Å²) in [4.78, 5) is 23.2. The highest BCUT2D eigenvalue weighted by molar-refractivity contribution is 7.98. The van der Waals surface area contributed by atoms with Crippen molar-refractivity contribution in [3.63, 3.8) is 0 Å². The van der Waals surface area contributed by atoms with Crippen LogP contribution in [-0.4, -0.2) is 52.5 Å². The number of thioether (sulfide) groups is 1. The predicted octanol–water partition coefficient (Wildman–Crippen LogP) is 3.03. The Balaban J connectivity index is 0.000000687. The number of piperidine rings is 1. The lowest BCUT2D eigenvalue weighted by Crippen LogP contribution is -2.47. The maximum atomic E-state index is 8.36. The number of aromatic amines is 1. The fraction of sp³-hybridized carbons (Fsp3) is 0.381. The molecule has 0 aliphatic carbocycles. The van der Waals surface area contributed by atoms with Gasteiger partial charge >= 0.3 is 0 Å². The number of nitrogen functional groups attached to an aromatic ring is 1. The van der Waals surface area contributed by atoms with E-state index >= 15 is 0 Å². The Kier molecular flexibility index (Phi) is 5.83. The van der Waals surface area contributed by atoms with Crippen LogP contribution in [0.15, 0.2) is 35.5 Å². The van der Waals surface area contributed by atoms with E-state index < -0.39 is 0 Å². The van der Waals surface area contributed by atoms with Gasteiger partial charge in [0.2, 0.25) is 0 Å². The van der Waals surface area contributed by atoms with E-state index in [0.29, 0.717) is 5.82 Å². The molecule has 0 bridgehead atoms. The lowest BCUT2D eigenvalue weighted by atomic mass is 9.83. The Labute approximate surface area is 178 Å². The minimum Gasteiger partial charge on any atom is -0.483 e. The fourth-order valence-corrected chi connectivity index (χ4v) is 4.83. The van der Waals surface area contributed by atoms with Crippen molar-refractivity contribution < 1.29 is 14.6 Å². The number of hydrogen-bond donors (Lipinski definition) is 3. The molecule has 1 spiro atoms. The predicted molar refractivity (Wildman–Crippen MR) is 118 cm³/mol. The Bertz CT molecular complexity index is 1050. The Morgan fingerprint density at radius 1 is 1.30 bits per heavy atom. The number of nitrogens with one attached hydrogen (secondary N) is 1. The lowest BCUT2D eigenvalue weighted by molar-refractivity contribution is -0.122. The molecule has 0 unspecified atom stereocenters. The zero-order chi connectivity index (χ0) is 21.1. The van der Waals surface area contributed by atoms with E-state index in [2.05, 4.69) is 44.1 Å². The maximum Gasteiger partial charge on any atom is 0.290 e. The molecule has 4 heterocycles. The van der Waals surface area contributed by atoms with E-state index in [4.69, 9.17) is 20.4 Å². The number of H-pyrrole nitrogens is 1. The summed E-state index contributed by atoms with van der Waals surface area (Å²) in [6.45, 7) is 2.31. The lowest BCUT2D eigenvalue weighted by Gasteiger charge is -2.44. The smallest absolute Gasteiger partial charge is 0.290 e. The van der Waals surface area contributed by atoms with E-state index in [9.17, 15) is 0 Å². The van der Waals surface area contributed by atoms with Crippen LogP contribution in [-0.2, 0) is 21.6 Å². The fourth-order valence-electron chi connectivity index (χ4n) is 4.44. The van der Waals surface area contributed by atoms with Gasteiger partial charge < -0.3 is 25.5 Å². The van der Waals surface area contributed by atoms with Gasteiger partial charge in [-0.15, -0.1) is 0 Å². The first-order valence-corrected chi connectivity index (χ1v) is 11.1. The summed E-state index contributed by atoms with van der Waals surface area (Å²) in [5.41, 5.74) is 9.67. The topological polar surface area (TPSA) is 117 Å². The molecule has 0 amide bonds. The minimum absolute atomic E-state index is 0.218. The molecule has 2 aliphatic heterocycles. The average Bonchev–Trinajstić information content (AvgIpc) is 3.15. The standard InChI is InChI=1S/C20H23N5OS.CH2O2/c1-27-19-23-16(21)12-17(24-19)25-9-7-20(8-10-25)18-14(6-11-26-20)13-4-2-3-5-15(13)22-18;2-1-3/h2-5,12,22H,6-11H2,1H3,(H2,21,23,24);1H,(H,2,3). The van der Waals surface area contributed by atoms with Crippen molar-refractivity contribution in [2.75, 3.05) is 36.6 Å². The van der Waals surface area contributed by atoms with Crippen LogP contribution in [0.5, 0.6) is 0 Å². The Hall–Kier alpha value is -2.78. The molecule has 3 aromatic rings. The second-order valence-corrected chi connectivity index (χ2v) is 8.12. The van der Waals surface area contributed by atoms with Gasteiger partial charge in [-0.05, 0) is 37.1 Å². The number of nitrogens with zero attached hydrogens (tertiary/aromatic N) is 3. The molecule has 0 radical (unpaired) electrons. The van der Waals surface area contributed by atoms with Gasteiger partial charge in [0.25, 0.3) is 6.47 Å². The molecule has 8 nitrogen and oxygen atoms in total. The molecular formula is C21H25N5O3S. The number of carbonyl (C=O) groups is 1. The van der Waals surface area contributed by atoms with E-state index in [1.807, 2.05) is 12.3 Å². The normalized spacial score (nSPS) is 17.3. The summed E-state index contributed by atoms with van der Waals surface area (Å²) in [7, 11) is 0. The molecule has 4 N–H and O–H groups in total. The average molecular weight is 428 g/mol. The summed E-state index contributed by atoms with van der Waals surface area (Å²) in [5, 5.41) is 8.95. The number of benzene rings is 1. The van der Waals surface area contributed by atoms with Crippen LogP contribution in [0, 0.1) is 0 Å². The molecular weight excluding hydrogens is 402 g/mol. The second-order valence-electron chi connectivity index (χ2n) is 7.35. The zero-order valence-corrected chi connectivity index (χ0v) is 17.6. The summed E-state index contributed by atoms with van der Waals surface area (Å²) < 4.78 is 6.40. The molecule has 1 saturated heterocycles. The molecule has 1 aromatic carbocycles. The van der Waals surface area contributed by atoms with Crippen LogP contribution >= 0.6 is 11.8 Å². The molecule has 30 heavy (non-hydrogen) atoms. The second kappa shape index (κ2) is 8.53. The molecule has 0 saturated carbocycles. The number of nitrogens with two attached hydrogens (primary N) is 1. The van der Waals surface area contributed by atoms with Gasteiger partial charge in [-0.3, -0.25) is 4.79 Å². The van der Waals surface area contributed by atoms with Gasteiger partial charge in [0.05, 0.1) is 12.3 Å². The zero-order valence-electron chi connectivity index (χ0n) is 16.8.